The van der Waals surface area contributed by atoms with Crippen molar-refractivity contribution < 1.29 is 23.7 Å². The van der Waals surface area contributed by atoms with Gasteiger partial charge in [0, 0.05) is 12.7 Å². The van der Waals surface area contributed by atoms with Crippen LogP contribution in [0.5, 0.6) is 5.75 Å². The number of carbonyl (C=O) groups excluding carboxylic acids is 1. The molecule has 8 heteroatoms. The first-order valence-electron chi connectivity index (χ1n) is 7.48. The summed E-state index contributed by atoms with van der Waals surface area (Å²) in [5.41, 5.74) is 0. The third-order valence-corrected chi connectivity index (χ3v) is 3.65. The lowest BCUT2D eigenvalue weighted by Gasteiger charge is -2.10. The highest BCUT2D eigenvalue weighted by Crippen LogP contribution is 2.33. The Morgan fingerprint density at radius 3 is 2.29 bits per heavy atom. The van der Waals surface area contributed by atoms with Crippen molar-refractivity contribution in [2.24, 2.45) is 5.92 Å². The van der Waals surface area contributed by atoms with Gasteiger partial charge in [-0.15, -0.1) is 0 Å². The summed E-state index contributed by atoms with van der Waals surface area (Å²) >= 11 is 17.6. The molecule has 0 atom stereocenters. The molecule has 24 heavy (non-hydrogen) atoms. The van der Waals surface area contributed by atoms with Gasteiger partial charge in [0.1, 0.15) is 12.4 Å². The van der Waals surface area contributed by atoms with E-state index in [1.165, 1.54) is 12.1 Å². The summed E-state index contributed by atoms with van der Waals surface area (Å²) in [4.78, 5) is 11.6. The molecule has 0 aliphatic heterocycles. The predicted octanol–water partition coefficient (Wildman–Crippen LogP) is 4.26. The Labute approximate surface area is 157 Å². The van der Waals surface area contributed by atoms with Crippen LogP contribution in [-0.2, 0) is 19.0 Å². The van der Waals surface area contributed by atoms with Crippen LogP contribution in [0, 0.1) is 5.92 Å². The van der Waals surface area contributed by atoms with Crippen LogP contribution >= 0.6 is 34.8 Å². The number of hydrogen-bond donors (Lipinski definition) is 0. The minimum absolute atomic E-state index is 0.140. The molecule has 1 rings (SSSR count). The molecule has 0 aliphatic rings. The molecular weight excluding hydrogens is 379 g/mol. The molecular formula is C16H21Cl3O5. The van der Waals surface area contributed by atoms with Gasteiger partial charge in [-0.3, -0.25) is 0 Å². The SMILES string of the molecule is CC(C)COCCOCCOC(=O)COc1cc(Cl)c(Cl)cc1Cl. The lowest BCUT2D eigenvalue weighted by molar-refractivity contribution is -0.147. The molecule has 136 valence electrons. The molecule has 0 spiro atoms. The minimum Gasteiger partial charge on any atom is -0.480 e. The number of hydrogen-bond acceptors (Lipinski definition) is 5. The quantitative estimate of drug-likeness (QED) is 0.316. The molecule has 0 fully saturated rings. The summed E-state index contributed by atoms with van der Waals surface area (Å²) < 4.78 is 20.9. The van der Waals surface area contributed by atoms with Gasteiger partial charge in [0.05, 0.1) is 34.9 Å². The molecule has 0 N–H and O–H groups in total. The van der Waals surface area contributed by atoms with E-state index in [1.807, 2.05) is 0 Å². The third-order valence-electron chi connectivity index (χ3n) is 2.63. The second-order valence-corrected chi connectivity index (χ2v) is 6.51. The van der Waals surface area contributed by atoms with Crippen molar-refractivity contribution in [3.05, 3.63) is 27.2 Å². The van der Waals surface area contributed by atoms with E-state index < -0.39 is 5.97 Å². The fourth-order valence-corrected chi connectivity index (χ4v) is 2.14. The summed E-state index contributed by atoms with van der Waals surface area (Å²) in [6.45, 7) is 5.99. The maximum Gasteiger partial charge on any atom is 0.344 e. The second kappa shape index (κ2) is 11.8. The number of carbonyl (C=O) groups is 1. The summed E-state index contributed by atoms with van der Waals surface area (Å²) in [6.07, 6.45) is 0. The van der Waals surface area contributed by atoms with E-state index in [0.717, 1.165) is 0 Å². The summed E-state index contributed by atoms with van der Waals surface area (Å²) in [5, 5.41) is 0.866. The van der Waals surface area contributed by atoms with E-state index in [4.69, 9.17) is 53.8 Å². The monoisotopic (exact) mass is 398 g/mol. The van der Waals surface area contributed by atoms with Crippen molar-refractivity contribution in [3.8, 4) is 5.75 Å². The number of esters is 1. The normalized spacial score (nSPS) is 10.9. The van der Waals surface area contributed by atoms with Crippen LogP contribution in [0.25, 0.3) is 0 Å². The van der Waals surface area contributed by atoms with Gasteiger partial charge in [0.15, 0.2) is 6.61 Å². The van der Waals surface area contributed by atoms with E-state index in [9.17, 15) is 4.79 Å². The van der Waals surface area contributed by atoms with Crippen LogP contribution in [0.3, 0.4) is 0 Å². The van der Waals surface area contributed by atoms with Gasteiger partial charge in [0.25, 0.3) is 0 Å². The standard InChI is InChI=1S/C16H21Cl3O5/c1-11(2)9-22-4-3-21-5-6-23-16(20)10-24-15-8-13(18)12(17)7-14(15)19/h7-8,11H,3-6,9-10H2,1-2H3. The maximum absolute atomic E-state index is 11.6. The third kappa shape index (κ3) is 8.94. The molecule has 0 aliphatic carbocycles. The first-order valence-corrected chi connectivity index (χ1v) is 8.62. The Balaban J connectivity index is 2.11. The molecule has 1 aromatic carbocycles. The minimum atomic E-state index is -0.531. The van der Waals surface area contributed by atoms with Crippen molar-refractivity contribution in [2.75, 3.05) is 39.6 Å². The number of ether oxygens (including phenoxy) is 4. The van der Waals surface area contributed by atoms with Gasteiger partial charge in [-0.25, -0.2) is 4.79 Å². The zero-order chi connectivity index (χ0) is 17.9. The van der Waals surface area contributed by atoms with Crippen molar-refractivity contribution in [2.45, 2.75) is 13.8 Å². The lowest BCUT2D eigenvalue weighted by atomic mass is 10.2. The highest BCUT2D eigenvalue weighted by Gasteiger charge is 2.10. The molecule has 1 aromatic rings. The average molecular weight is 400 g/mol. The van der Waals surface area contributed by atoms with E-state index in [0.29, 0.717) is 37.4 Å². The van der Waals surface area contributed by atoms with Crippen LogP contribution in [0.4, 0.5) is 0 Å². The fraction of sp³-hybridized carbons (Fsp3) is 0.562. The smallest absolute Gasteiger partial charge is 0.344 e. The Kier molecular flexibility index (Phi) is 10.5. The van der Waals surface area contributed by atoms with Crippen molar-refractivity contribution in [1.29, 1.82) is 0 Å². The maximum atomic E-state index is 11.6. The van der Waals surface area contributed by atoms with Crippen molar-refractivity contribution >= 4 is 40.8 Å². The Bertz CT molecular complexity index is 523. The van der Waals surface area contributed by atoms with E-state index in [1.54, 1.807) is 0 Å². The predicted molar refractivity (Wildman–Crippen MR) is 94.4 cm³/mol. The molecule has 0 radical (unpaired) electrons. The number of rotatable bonds is 11. The van der Waals surface area contributed by atoms with Gasteiger partial charge < -0.3 is 18.9 Å². The zero-order valence-corrected chi connectivity index (χ0v) is 15.9. The van der Waals surface area contributed by atoms with Crippen molar-refractivity contribution in [1.82, 2.24) is 0 Å². The molecule has 0 unspecified atom stereocenters. The zero-order valence-electron chi connectivity index (χ0n) is 13.6. The van der Waals surface area contributed by atoms with Crippen LogP contribution in [0.2, 0.25) is 15.1 Å². The Morgan fingerprint density at radius 1 is 0.958 bits per heavy atom. The van der Waals surface area contributed by atoms with Crippen LogP contribution in [-0.4, -0.2) is 45.6 Å². The fourth-order valence-electron chi connectivity index (χ4n) is 1.55. The highest BCUT2D eigenvalue weighted by molar-refractivity contribution is 6.43. The van der Waals surface area contributed by atoms with Gasteiger partial charge in [-0.2, -0.15) is 0 Å². The van der Waals surface area contributed by atoms with Crippen LogP contribution < -0.4 is 4.74 Å². The topological polar surface area (TPSA) is 54.0 Å². The Hall–Kier alpha value is -0.720. The summed E-state index contributed by atoms with van der Waals surface area (Å²) in [5.74, 6) is 0.230. The van der Waals surface area contributed by atoms with E-state index >= 15 is 0 Å². The van der Waals surface area contributed by atoms with Crippen LogP contribution in [0.15, 0.2) is 12.1 Å². The highest BCUT2D eigenvalue weighted by atomic mass is 35.5. The average Bonchev–Trinajstić information content (AvgIpc) is 2.51. The summed E-state index contributed by atoms with van der Waals surface area (Å²) in [7, 11) is 0. The molecule has 0 aromatic heterocycles. The molecule has 0 saturated carbocycles. The first kappa shape index (κ1) is 21.3. The van der Waals surface area contributed by atoms with E-state index in [-0.39, 0.29) is 29.0 Å². The lowest BCUT2D eigenvalue weighted by Crippen LogP contribution is -2.18. The van der Waals surface area contributed by atoms with Gasteiger partial charge in [-0.05, 0) is 12.0 Å². The second-order valence-electron chi connectivity index (χ2n) is 5.29. The number of benzene rings is 1. The molecule has 5 nitrogen and oxygen atoms in total. The molecule has 0 saturated heterocycles. The Morgan fingerprint density at radius 2 is 1.58 bits per heavy atom. The van der Waals surface area contributed by atoms with Gasteiger partial charge >= 0.3 is 5.97 Å². The summed E-state index contributed by atoms with van der Waals surface area (Å²) in [6, 6.07) is 2.89. The van der Waals surface area contributed by atoms with Crippen molar-refractivity contribution in [3.63, 3.8) is 0 Å². The molecule has 0 bridgehead atoms. The largest absolute Gasteiger partial charge is 0.480 e. The van der Waals surface area contributed by atoms with Gasteiger partial charge in [0.2, 0.25) is 0 Å². The molecule has 0 amide bonds. The van der Waals surface area contributed by atoms with Gasteiger partial charge in [-0.1, -0.05) is 48.7 Å². The molecule has 0 heterocycles. The first-order chi connectivity index (χ1) is 11.4. The van der Waals surface area contributed by atoms with Crippen LogP contribution in [0.1, 0.15) is 13.8 Å². The van der Waals surface area contributed by atoms with E-state index in [2.05, 4.69) is 13.8 Å². The number of halogens is 3.